The lowest BCUT2D eigenvalue weighted by molar-refractivity contribution is -0.121. The molecule has 13 heavy (non-hydrogen) atoms. The Hall–Kier alpha value is -0.960. The average molecular weight is 199 g/mol. The molecule has 0 bridgehead atoms. The molecule has 0 aromatic rings. The van der Waals surface area contributed by atoms with E-state index in [1.54, 1.807) is 0 Å². The van der Waals surface area contributed by atoms with Gasteiger partial charge in [0, 0.05) is 12.2 Å². The number of allylic oxidation sites excluding steroid dienone is 2. The van der Waals surface area contributed by atoms with Crippen molar-refractivity contribution in [3.8, 4) is 0 Å². The van der Waals surface area contributed by atoms with Gasteiger partial charge in [0.2, 0.25) is 5.91 Å². The quantitative estimate of drug-likeness (QED) is 0.692. The lowest BCUT2D eigenvalue weighted by Gasteiger charge is -2.20. The third-order valence-electron chi connectivity index (χ3n) is 2.60. The van der Waals surface area contributed by atoms with Crippen molar-refractivity contribution in [1.82, 2.24) is 5.32 Å². The Kier molecular flexibility index (Phi) is 1.84. The van der Waals surface area contributed by atoms with Gasteiger partial charge in [-0.3, -0.25) is 4.79 Å². The van der Waals surface area contributed by atoms with Crippen LogP contribution in [0, 0.1) is 5.41 Å². The van der Waals surface area contributed by atoms with Gasteiger partial charge in [-0.25, -0.2) is 0 Å². The summed E-state index contributed by atoms with van der Waals surface area (Å²) in [6.07, 6.45) is 5.36. The summed E-state index contributed by atoms with van der Waals surface area (Å²) in [6.45, 7) is 0.723. The molecule has 3 N–H and O–H groups in total. The van der Waals surface area contributed by atoms with Crippen molar-refractivity contribution in [1.29, 1.82) is 0 Å². The number of nitrogens with two attached hydrogens (primary N) is 1. The van der Waals surface area contributed by atoms with Gasteiger partial charge in [-0.2, -0.15) is 0 Å². The summed E-state index contributed by atoms with van der Waals surface area (Å²) in [5.74, 6) is -0.275. The van der Waals surface area contributed by atoms with Crippen LogP contribution in [-0.2, 0) is 4.79 Å². The molecule has 3 nitrogen and oxygen atoms in total. The van der Waals surface area contributed by atoms with Gasteiger partial charge in [-0.1, -0.05) is 17.7 Å². The van der Waals surface area contributed by atoms with E-state index in [1.807, 2.05) is 12.2 Å². The second kappa shape index (κ2) is 2.77. The largest absolute Gasteiger partial charge is 0.383 e. The second-order valence-corrected chi connectivity index (χ2v) is 3.86. The number of nitrogens with one attached hydrogen (secondary N) is 1. The van der Waals surface area contributed by atoms with Crippen LogP contribution in [0.2, 0.25) is 0 Å². The molecule has 4 heteroatoms. The predicted octanol–water partition coefficient (Wildman–Crippen LogP) is 0.862. The Bertz CT molecular complexity index is 316. The minimum atomic E-state index is -0.484. The predicted molar refractivity (Wildman–Crippen MR) is 50.9 cm³/mol. The first-order valence-electron chi connectivity index (χ1n) is 4.27. The fourth-order valence-electron chi connectivity index (χ4n) is 1.63. The molecular formula is C9H11ClN2O. The number of halogens is 1. The van der Waals surface area contributed by atoms with Gasteiger partial charge < -0.3 is 11.1 Å². The molecule has 0 spiro atoms. The maximum Gasteiger partial charge on any atom is 0.229 e. The number of hydrogen-bond donors (Lipinski definition) is 2. The standard InChI is InChI=1S/C9H11ClN2O/c10-6-2-1-5-12-7(6)9(3-4-9)8(11)13/h1-2,12H,3-5H2,(H2,11,13). The van der Waals surface area contributed by atoms with Crippen LogP contribution >= 0.6 is 11.6 Å². The zero-order valence-electron chi connectivity index (χ0n) is 7.14. The van der Waals surface area contributed by atoms with Crippen LogP contribution < -0.4 is 11.1 Å². The molecule has 0 aromatic carbocycles. The molecule has 1 fully saturated rings. The summed E-state index contributed by atoms with van der Waals surface area (Å²) in [5, 5.41) is 3.73. The van der Waals surface area contributed by atoms with E-state index < -0.39 is 5.41 Å². The molecule has 1 aliphatic heterocycles. The van der Waals surface area contributed by atoms with E-state index in [1.165, 1.54) is 0 Å². The van der Waals surface area contributed by atoms with Crippen LogP contribution in [0.4, 0.5) is 0 Å². The van der Waals surface area contributed by atoms with Gasteiger partial charge in [0.05, 0.1) is 10.4 Å². The molecule has 0 aromatic heterocycles. The van der Waals surface area contributed by atoms with Crippen LogP contribution in [0.5, 0.6) is 0 Å². The minimum absolute atomic E-state index is 0.275. The Morgan fingerprint density at radius 2 is 2.31 bits per heavy atom. The highest BCUT2D eigenvalue weighted by molar-refractivity contribution is 6.32. The van der Waals surface area contributed by atoms with Gasteiger partial charge in [0.25, 0.3) is 0 Å². The number of dihydropyridines is 1. The molecular weight excluding hydrogens is 188 g/mol. The summed E-state index contributed by atoms with van der Waals surface area (Å²) in [5.41, 5.74) is 5.66. The zero-order valence-corrected chi connectivity index (χ0v) is 7.90. The number of carbonyl (C=O) groups is 1. The molecule has 0 atom stereocenters. The molecule has 1 heterocycles. The van der Waals surface area contributed by atoms with Crippen LogP contribution in [0.3, 0.4) is 0 Å². The van der Waals surface area contributed by atoms with Gasteiger partial charge >= 0.3 is 0 Å². The first-order valence-corrected chi connectivity index (χ1v) is 4.65. The molecule has 2 rings (SSSR count). The molecule has 1 saturated carbocycles. The minimum Gasteiger partial charge on any atom is -0.383 e. The zero-order chi connectivity index (χ0) is 9.47. The Labute approximate surface area is 81.6 Å². The van der Waals surface area contributed by atoms with Crippen molar-refractivity contribution in [3.05, 3.63) is 22.9 Å². The highest BCUT2D eigenvalue weighted by Gasteiger charge is 2.52. The van der Waals surface area contributed by atoms with Crippen LogP contribution in [0.15, 0.2) is 22.9 Å². The fraction of sp³-hybridized carbons (Fsp3) is 0.444. The van der Waals surface area contributed by atoms with Crippen molar-refractivity contribution in [2.45, 2.75) is 12.8 Å². The molecule has 1 amide bonds. The number of carbonyl (C=O) groups excluding carboxylic acids is 1. The highest BCUT2D eigenvalue weighted by Crippen LogP contribution is 2.52. The molecule has 0 saturated heterocycles. The van der Waals surface area contributed by atoms with Crippen LogP contribution in [0.25, 0.3) is 0 Å². The monoisotopic (exact) mass is 198 g/mol. The molecule has 1 aliphatic carbocycles. The van der Waals surface area contributed by atoms with E-state index in [0.717, 1.165) is 25.1 Å². The maximum atomic E-state index is 11.2. The normalized spacial score (nSPS) is 24.1. The van der Waals surface area contributed by atoms with Gasteiger partial charge in [-0.15, -0.1) is 0 Å². The Morgan fingerprint density at radius 1 is 1.62 bits per heavy atom. The lowest BCUT2D eigenvalue weighted by Crippen LogP contribution is -2.34. The number of primary amides is 1. The number of hydrogen-bond acceptors (Lipinski definition) is 2. The first kappa shape index (κ1) is 8.63. The van der Waals surface area contributed by atoms with Gasteiger partial charge in [0.15, 0.2) is 0 Å². The molecule has 70 valence electrons. The highest BCUT2D eigenvalue weighted by atomic mass is 35.5. The van der Waals surface area contributed by atoms with Gasteiger partial charge in [0.1, 0.15) is 0 Å². The van der Waals surface area contributed by atoms with E-state index in [9.17, 15) is 4.79 Å². The van der Waals surface area contributed by atoms with Crippen molar-refractivity contribution in [2.75, 3.05) is 6.54 Å². The third-order valence-corrected chi connectivity index (χ3v) is 2.91. The van der Waals surface area contributed by atoms with Crippen LogP contribution in [-0.4, -0.2) is 12.5 Å². The Balaban J connectivity index is 2.34. The fourth-order valence-corrected chi connectivity index (χ4v) is 1.97. The Morgan fingerprint density at radius 3 is 2.77 bits per heavy atom. The van der Waals surface area contributed by atoms with Crippen molar-refractivity contribution < 1.29 is 4.79 Å². The number of amides is 1. The van der Waals surface area contributed by atoms with Gasteiger partial charge in [-0.05, 0) is 18.9 Å². The summed E-state index contributed by atoms with van der Waals surface area (Å²) >= 11 is 5.97. The summed E-state index contributed by atoms with van der Waals surface area (Å²) in [4.78, 5) is 11.2. The smallest absolute Gasteiger partial charge is 0.229 e. The van der Waals surface area contributed by atoms with Crippen molar-refractivity contribution >= 4 is 17.5 Å². The van der Waals surface area contributed by atoms with E-state index in [2.05, 4.69) is 5.32 Å². The molecule has 2 aliphatic rings. The lowest BCUT2D eigenvalue weighted by atomic mass is 9.99. The van der Waals surface area contributed by atoms with Crippen molar-refractivity contribution in [3.63, 3.8) is 0 Å². The van der Waals surface area contributed by atoms with E-state index in [-0.39, 0.29) is 5.91 Å². The van der Waals surface area contributed by atoms with E-state index >= 15 is 0 Å². The summed E-state index contributed by atoms with van der Waals surface area (Å²) in [7, 11) is 0. The molecule has 0 radical (unpaired) electrons. The third kappa shape index (κ3) is 1.23. The molecule has 0 unspecified atom stereocenters. The van der Waals surface area contributed by atoms with Crippen LogP contribution in [0.1, 0.15) is 12.8 Å². The maximum absolute atomic E-state index is 11.2. The summed E-state index contributed by atoms with van der Waals surface area (Å²) in [6, 6.07) is 0. The first-order chi connectivity index (χ1) is 6.17. The topological polar surface area (TPSA) is 55.1 Å². The SMILES string of the molecule is NC(=O)C1(C2=C(Cl)C=CCN2)CC1. The van der Waals surface area contributed by atoms with E-state index in [4.69, 9.17) is 17.3 Å². The number of rotatable bonds is 2. The second-order valence-electron chi connectivity index (χ2n) is 3.45. The average Bonchev–Trinajstić information content (AvgIpc) is 2.85. The summed E-state index contributed by atoms with van der Waals surface area (Å²) < 4.78 is 0. The van der Waals surface area contributed by atoms with E-state index in [0.29, 0.717) is 5.03 Å². The van der Waals surface area contributed by atoms with Crippen molar-refractivity contribution in [2.24, 2.45) is 11.1 Å².